The van der Waals surface area contributed by atoms with Crippen molar-refractivity contribution < 1.29 is 4.39 Å². The van der Waals surface area contributed by atoms with Gasteiger partial charge in [0, 0.05) is 23.7 Å². The Morgan fingerprint density at radius 3 is 2.82 bits per heavy atom. The van der Waals surface area contributed by atoms with Crippen molar-refractivity contribution in [3.05, 3.63) is 58.6 Å². The molecule has 5 heteroatoms. The predicted molar refractivity (Wildman–Crippen MR) is 64.3 cm³/mol. The molecule has 2 N–H and O–H groups in total. The van der Waals surface area contributed by atoms with Crippen molar-refractivity contribution >= 4 is 11.6 Å². The van der Waals surface area contributed by atoms with Gasteiger partial charge in [0.05, 0.1) is 5.69 Å². The van der Waals surface area contributed by atoms with Crippen molar-refractivity contribution in [1.82, 2.24) is 10.2 Å². The molecule has 0 radical (unpaired) electrons. The molecule has 1 unspecified atom stereocenters. The average Bonchev–Trinajstić information content (AvgIpc) is 2.36. The molecule has 1 aromatic heterocycles. The molecule has 2 rings (SSSR count). The normalized spacial score (nSPS) is 12.4. The SMILES string of the molecule is NCC(c1cccnn1)c1cc(Cl)ccc1F. The summed E-state index contributed by atoms with van der Waals surface area (Å²) < 4.78 is 13.7. The Balaban J connectivity index is 2.46. The number of hydrogen-bond donors (Lipinski definition) is 1. The molecule has 0 aliphatic heterocycles. The maximum atomic E-state index is 13.7. The number of hydrogen-bond acceptors (Lipinski definition) is 3. The van der Waals surface area contributed by atoms with E-state index in [0.29, 0.717) is 16.3 Å². The fourth-order valence-corrected chi connectivity index (χ4v) is 1.87. The topological polar surface area (TPSA) is 51.8 Å². The zero-order valence-corrected chi connectivity index (χ0v) is 9.73. The lowest BCUT2D eigenvalue weighted by atomic mass is 9.95. The first-order valence-electron chi connectivity index (χ1n) is 5.15. The minimum Gasteiger partial charge on any atom is -0.329 e. The molecular formula is C12H11ClFN3. The summed E-state index contributed by atoms with van der Waals surface area (Å²) in [7, 11) is 0. The van der Waals surface area contributed by atoms with E-state index in [4.69, 9.17) is 17.3 Å². The summed E-state index contributed by atoms with van der Waals surface area (Å²) in [4.78, 5) is 0. The Labute approximate surface area is 103 Å². The maximum Gasteiger partial charge on any atom is 0.127 e. The summed E-state index contributed by atoms with van der Waals surface area (Å²) in [5.41, 5.74) is 6.76. The minimum absolute atomic E-state index is 0.246. The molecule has 2 aromatic rings. The third kappa shape index (κ3) is 2.60. The van der Waals surface area contributed by atoms with Crippen molar-refractivity contribution in [1.29, 1.82) is 0 Å². The van der Waals surface area contributed by atoms with E-state index in [0.717, 1.165) is 0 Å². The van der Waals surface area contributed by atoms with E-state index in [2.05, 4.69) is 10.2 Å². The van der Waals surface area contributed by atoms with Crippen LogP contribution in [0.25, 0.3) is 0 Å². The van der Waals surface area contributed by atoms with Gasteiger partial charge in [-0.1, -0.05) is 11.6 Å². The van der Waals surface area contributed by atoms with E-state index >= 15 is 0 Å². The second-order valence-electron chi connectivity index (χ2n) is 3.60. The number of rotatable bonds is 3. The molecule has 1 aromatic carbocycles. The van der Waals surface area contributed by atoms with Crippen molar-refractivity contribution in [3.63, 3.8) is 0 Å². The van der Waals surface area contributed by atoms with E-state index < -0.39 is 0 Å². The van der Waals surface area contributed by atoms with Gasteiger partial charge in [-0.25, -0.2) is 4.39 Å². The van der Waals surface area contributed by atoms with E-state index in [9.17, 15) is 4.39 Å². The highest BCUT2D eigenvalue weighted by molar-refractivity contribution is 6.30. The predicted octanol–water partition coefficient (Wildman–Crippen LogP) is 2.36. The van der Waals surface area contributed by atoms with E-state index in [1.54, 1.807) is 24.4 Å². The quantitative estimate of drug-likeness (QED) is 0.911. The first-order valence-corrected chi connectivity index (χ1v) is 5.52. The van der Waals surface area contributed by atoms with Gasteiger partial charge in [-0.05, 0) is 35.9 Å². The van der Waals surface area contributed by atoms with Crippen molar-refractivity contribution in [3.8, 4) is 0 Å². The summed E-state index contributed by atoms with van der Waals surface area (Å²) in [5.74, 6) is -0.669. The Morgan fingerprint density at radius 1 is 1.35 bits per heavy atom. The molecule has 88 valence electrons. The van der Waals surface area contributed by atoms with Gasteiger partial charge >= 0.3 is 0 Å². The van der Waals surface area contributed by atoms with Crippen LogP contribution in [0.1, 0.15) is 17.2 Å². The van der Waals surface area contributed by atoms with Gasteiger partial charge in [0.15, 0.2) is 0 Å². The minimum atomic E-state index is -0.337. The van der Waals surface area contributed by atoms with Crippen LogP contribution in [-0.4, -0.2) is 16.7 Å². The summed E-state index contributed by atoms with van der Waals surface area (Å²) in [6, 6.07) is 7.92. The fourth-order valence-electron chi connectivity index (χ4n) is 1.69. The van der Waals surface area contributed by atoms with Gasteiger partial charge in [-0.15, -0.1) is 0 Å². The molecule has 0 fully saturated rings. The van der Waals surface area contributed by atoms with Gasteiger partial charge in [0.2, 0.25) is 0 Å². The number of nitrogens with zero attached hydrogens (tertiary/aromatic N) is 2. The first-order chi connectivity index (χ1) is 8.22. The zero-order chi connectivity index (χ0) is 12.3. The molecule has 0 aliphatic rings. The number of nitrogens with two attached hydrogens (primary N) is 1. The Bertz CT molecular complexity index is 504. The molecule has 1 heterocycles. The van der Waals surface area contributed by atoms with Gasteiger partial charge in [0.25, 0.3) is 0 Å². The third-order valence-corrected chi connectivity index (χ3v) is 2.75. The van der Waals surface area contributed by atoms with Crippen LogP contribution >= 0.6 is 11.6 Å². The Morgan fingerprint density at radius 2 is 2.18 bits per heavy atom. The lowest BCUT2D eigenvalue weighted by molar-refractivity contribution is 0.593. The van der Waals surface area contributed by atoms with E-state index in [1.165, 1.54) is 12.1 Å². The fraction of sp³-hybridized carbons (Fsp3) is 0.167. The summed E-state index contributed by atoms with van der Waals surface area (Å²) in [5, 5.41) is 8.20. The second kappa shape index (κ2) is 5.21. The highest BCUT2D eigenvalue weighted by Crippen LogP contribution is 2.26. The lowest BCUT2D eigenvalue weighted by Gasteiger charge is -2.15. The molecule has 3 nitrogen and oxygen atoms in total. The molecule has 0 amide bonds. The molecule has 0 aliphatic carbocycles. The largest absolute Gasteiger partial charge is 0.329 e. The molecular weight excluding hydrogens is 241 g/mol. The van der Waals surface area contributed by atoms with Crippen LogP contribution in [0, 0.1) is 5.82 Å². The summed E-state index contributed by atoms with van der Waals surface area (Å²) >= 11 is 5.86. The highest BCUT2D eigenvalue weighted by Gasteiger charge is 2.18. The Hall–Kier alpha value is -1.52. The van der Waals surface area contributed by atoms with Crippen molar-refractivity contribution in [2.24, 2.45) is 5.73 Å². The number of aromatic nitrogens is 2. The number of benzene rings is 1. The monoisotopic (exact) mass is 251 g/mol. The summed E-state index contributed by atoms with van der Waals surface area (Å²) in [6.07, 6.45) is 1.56. The average molecular weight is 252 g/mol. The van der Waals surface area contributed by atoms with Gasteiger partial charge < -0.3 is 5.73 Å². The van der Waals surface area contributed by atoms with Crippen LogP contribution in [0.5, 0.6) is 0 Å². The molecule has 0 spiro atoms. The van der Waals surface area contributed by atoms with Crippen molar-refractivity contribution in [2.75, 3.05) is 6.54 Å². The smallest absolute Gasteiger partial charge is 0.127 e. The second-order valence-corrected chi connectivity index (χ2v) is 4.04. The van der Waals surface area contributed by atoms with E-state index in [-0.39, 0.29) is 18.3 Å². The van der Waals surface area contributed by atoms with Crippen LogP contribution in [0.3, 0.4) is 0 Å². The maximum absolute atomic E-state index is 13.7. The number of halogens is 2. The Kier molecular flexibility index (Phi) is 3.66. The molecule has 0 saturated carbocycles. The molecule has 0 bridgehead atoms. The van der Waals surface area contributed by atoms with Gasteiger partial charge in [0.1, 0.15) is 5.82 Å². The third-order valence-electron chi connectivity index (χ3n) is 2.52. The lowest BCUT2D eigenvalue weighted by Crippen LogP contribution is -2.16. The van der Waals surface area contributed by atoms with Gasteiger partial charge in [-0.2, -0.15) is 10.2 Å². The molecule has 0 saturated heterocycles. The van der Waals surface area contributed by atoms with Crippen LogP contribution in [0.4, 0.5) is 4.39 Å². The van der Waals surface area contributed by atoms with Crippen molar-refractivity contribution in [2.45, 2.75) is 5.92 Å². The van der Waals surface area contributed by atoms with Crippen LogP contribution in [-0.2, 0) is 0 Å². The van der Waals surface area contributed by atoms with Gasteiger partial charge in [-0.3, -0.25) is 0 Å². The van der Waals surface area contributed by atoms with E-state index in [1.807, 2.05) is 0 Å². The summed E-state index contributed by atoms with van der Waals surface area (Å²) in [6.45, 7) is 0.246. The van der Waals surface area contributed by atoms with Crippen LogP contribution in [0.2, 0.25) is 5.02 Å². The molecule has 1 atom stereocenters. The first kappa shape index (κ1) is 12.0. The standard InChI is InChI=1S/C12H11ClFN3/c13-8-3-4-11(14)9(6-8)10(7-15)12-2-1-5-16-17-12/h1-6,10H,7,15H2. The van der Waals surface area contributed by atoms with Crippen LogP contribution < -0.4 is 5.73 Å². The molecule has 17 heavy (non-hydrogen) atoms. The van der Waals surface area contributed by atoms with Crippen LogP contribution in [0.15, 0.2) is 36.5 Å². The zero-order valence-electron chi connectivity index (χ0n) is 8.98. The highest BCUT2D eigenvalue weighted by atomic mass is 35.5.